The minimum atomic E-state index is -0.696. The van der Waals surface area contributed by atoms with Crippen LogP contribution >= 0.6 is 11.6 Å². The Kier molecular flexibility index (Phi) is 3.20. The molecule has 0 aliphatic carbocycles. The average Bonchev–Trinajstić information content (AvgIpc) is 2.66. The van der Waals surface area contributed by atoms with Gasteiger partial charge in [-0.15, -0.1) is 0 Å². The van der Waals surface area contributed by atoms with Crippen molar-refractivity contribution in [3.8, 4) is 0 Å². The fourth-order valence-corrected chi connectivity index (χ4v) is 1.57. The molecular weight excluding hydrogens is 259 g/mol. The van der Waals surface area contributed by atoms with E-state index in [-0.39, 0.29) is 22.1 Å². The summed E-state index contributed by atoms with van der Waals surface area (Å²) in [5, 5.41) is 8.61. The highest BCUT2D eigenvalue weighted by Gasteiger charge is 2.17. The minimum absolute atomic E-state index is 0.0203. The molecule has 0 spiro atoms. The number of halogens is 2. The Bertz CT molecular complexity index is 611. The summed E-state index contributed by atoms with van der Waals surface area (Å²) in [4.78, 5) is 11.8. The van der Waals surface area contributed by atoms with Crippen LogP contribution in [0.3, 0.4) is 0 Å². The van der Waals surface area contributed by atoms with Crippen LogP contribution in [0.25, 0.3) is 0 Å². The third-order valence-corrected chi connectivity index (χ3v) is 2.70. The lowest BCUT2D eigenvalue weighted by Crippen LogP contribution is -2.15. The molecule has 0 fully saturated rings. The van der Waals surface area contributed by atoms with Gasteiger partial charge in [-0.3, -0.25) is 9.89 Å². The van der Waals surface area contributed by atoms with E-state index in [4.69, 9.17) is 17.3 Å². The lowest BCUT2D eigenvalue weighted by atomic mass is 10.2. The van der Waals surface area contributed by atoms with E-state index < -0.39 is 11.7 Å². The van der Waals surface area contributed by atoms with Crippen molar-refractivity contribution in [1.29, 1.82) is 0 Å². The van der Waals surface area contributed by atoms with Gasteiger partial charge in [0, 0.05) is 0 Å². The number of nitrogens with one attached hydrogen (secondary N) is 2. The topological polar surface area (TPSA) is 83.8 Å². The molecule has 5 nitrogen and oxygen atoms in total. The van der Waals surface area contributed by atoms with Gasteiger partial charge < -0.3 is 11.1 Å². The lowest BCUT2D eigenvalue weighted by molar-refractivity contribution is 0.102. The molecule has 2 aromatic rings. The Balaban J connectivity index is 2.27. The van der Waals surface area contributed by atoms with Gasteiger partial charge in [0.15, 0.2) is 11.5 Å². The highest BCUT2D eigenvalue weighted by atomic mass is 35.5. The maximum Gasteiger partial charge on any atom is 0.278 e. The molecule has 1 heterocycles. The largest absolute Gasteiger partial charge is 0.395 e. The summed E-state index contributed by atoms with van der Waals surface area (Å²) in [6, 6.07) is 4.31. The third kappa shape index (κ3) is 2.14. The summed E-state index contributed by atoms with van der Waals surface area (Å²) in [5.41, 5.74) is 6.46. The standard InChI is InChI=1S/C11H10ClFN4O/c1-5-9(14)10(17-16-5)11(18)15-7-4-2-3-6(12)8(7)13/h2-4H,14H2,1H3,(H,15,18)(H,16,17). The van der Waals surface area contributed by atoms with E-state index >= 15 is 0 Å². The first-order valence-electron chi connectivity index (χ1n) is 5.06. The number of nitrogen functional groups attached to an aromatic ring is 1. The van der Waals surface area contributed by atoms with Crippen LogP contribution in [0.4, 0.5) is 15.8 Å². The molecule has 0 atom stereocenters. The van der Waals surface area contributed by atoms with Gasteiger partial charge in [0.25, 0.3) is 5.91 Å². The van der Waals surface area contributed by atoms with Crippen molar-refractivity contribution < 1.29 is 9.18 Å². The van der Waals surface area contributed by atoms with Crippen LogP contribution < -0.4 is 11.1 Å². The second-order valence-corrected chi connectivity index (χ2v) is 4.07. The van der Waals surface area contributed by atoms with Crippen LogP contribution in [-0.4, -0.2) is 16.1 Å². The molecule has 94 valence electrons. The van der Waals surface area contributed by atoms with Crippen LogP contribution in [0, 0.1) is 12.7 Å². The van der Waals surface area contributed by atoms with E-state index in [1.165, 1.54) is 18.2 Å². The van der Waals surface area contributed by atoms with Crippen molar-refractivity contribution in [3.63, 3.8) is 0 Å². The van der Waals surface area contributed by atoms with Crippen molar-refractivity contribution >= 4 is 28.9 Å². The van der Waals surface area contributed by atoms with Gasteiger partial charge in [0.2, 0.25) is 0 Å². The molecule has 0 saturated heterocycles. The van der Waals surface area contributed by atoms with Crippen LogP contribution in [0.1, 0.15) is 16.2 Å². The highest BCUT2D eigenvalue weighted by Crippen LogP contribution is 2.23. The maximum atomic E-state index is 13.6. The van der Waals surface area contributed by atoms with E-state index in [2.05, 4.69) is 15.5 Å². The number of carbonyl (C=O) groups is 1. The number of hydrogen-bond acceptors (Lipinski definition) is 3. The first-order chi connectivity index (χ1) is 8.50. The summed E-state index contributed by atoms with van der Waals surface area (Å²) in [7, 11) is 0. The molecule has 0 bridgehead atoms. The molecule has 0 saturated carbocycles. The van der Waals surface area contributed by atoms with Gasteiger partial charge in [0.05, 0.1) is 22.1 Å². The number of amides is 1. The summed E-state index contributed by atoms with van der Waals surface area (Å²) in [6.07, 6.45) is 0. The molecule has 4 N–H and O–H groups in total. The van der Waals surface area contributed by atoms with E-state index in [1.54, 1.807) is 6.92 Å². The van der Waals surface area contributed by atoms with Crippen molar-refractivity contribution in [2.45, 2.75) is 6.92 Å². The first-order valence-corrected chi connectivity index (χ1v) is 5.44. The molecule has 0 unspecified atom stereocenters. The minimum Gasteiger partial charge on any atom is -0.395 e. The smallest absolute Gasteiger partial charge is 0.278 e. The molecule has 1 amide bonds. The molecule has 18 heavy (non-hydrogen) atoms. The molecule has 0 radical (unpaired) electrons. The van der Waals surface area contributed by atoms with E-state index in [1.807, 2.05) is 0 Å². The third-order valence-electron chi connectivity index (χ3n) is 2.41. The molecule has 2 rings (SSSR count). The number of benzene rings is 1. The van der Waals surface area contributed by atoms with Gasteiger partial charge in [0.1, 0.15) is 0 Å². The number of aryl methyl sites for hydroxylation is 1. The van der Waals surface area contributed by atoms with Crippen molar-refractivity contribution in [2.75, 3.05) is 11.1 Å². The van der Waals surface area contributed by atoms with Gasteiger partial charge in [-0.1, -0.05) is 17.7 Å². The van der Waals surface area contributed by atoms with E-state index in [0.717, 1.165) is 0 Å². The molecule has 1 aromatic heterocycles. The predicted molar refractivity (Wildman–Crippen MR) is 67.1 cm³/mol. The number of aromatic amines is 1. The number of nitrogens with two attached hydrogens (primary N) is 1. The van der Waals surface area contributed by atoms with E-state index in [0.29, 0.717) is 5.69 Å². The summed E-state index contributed by atoms with van der Waals surface area (Å²) >= 11 is 5.61. The fraction of sp³-hybridized carbons (Fsp3) is 0.0909. The van der Waals surface area contributed by atoms with Gasteiger partial charge in [-0.05, 0) is 19.1 Å². The normalized spacial score (nSPS) is 10.4. The second kappa shape index (κ2) is 4.66. The Morgan fingerprint density at radius 2 is 2.28 bits per heavy atom. The van der Waals surface area contributed by atoms with Gasteiger partial charge in [-0.2, -0.15) is 5.10 Å². The lowest BCUT2D eigenvalue weighted by Gasteiger charge is -2.05. The Labute approximate surface area is 107 Å². The molecule has 7 heteroatoms. The number of hydrogen-bond donors (Lipinski definition) is 3. The second-order valence-electron chi connectivity index (χ2n) is 3.67. The number of aromatic nitrogens is 2. The number of rotatable bonds is 2. The number of anilines is 2. The van der Waals surface area contributed by atoms with Crippen molar-refractivity contribution in [2.24, 2.45) is 0 Å². The SMILES string of the molecule is Cc1[nH]nc(C(=O)Nc2cccc(Cl)c2F)c1N. The molecule has 1 aromatic carbocycles. The Morgan fingerprint density at radius 1 is 1.56 bits per heavy atom. The van der Waals surface area contributed by atoms with Gasteiger partial charge in [-0.25, -0.2) is 4.39 Å². The zero-order valence-corrected chi connectivity index (χ0v) is 10.2. The predicted octanol–water partition coefficient (Wildman–Crippen LogP) is 2.35. The Hall–Kier alpha value is -2.08. The number of H-pyrrole nitrogens is 1. The summed E-state index contributed by atoms with van der Waals surface area (Å²) < 4.78 is 13.6. The first kappa shape index (κ1) is 12.4. The van der Waals surface area contributed by atoms with Crippen LogP contribution in [0.15, 0.2) is 18.2 Å². The van der Waals surface area contributed by atoms with E-state index in [9.17, 15) is 9.18 Å². The van der Waals surface area contributed by atoms with Gasteiger partial charge >= 0.3 is 0 Å². The van der Waals surface area contributed by atoms with Crippen molar-refractivity contribution in [3.05, 3.63) is 40.4 Å². The zero-order chi connectivity index (χ0) is 13.3. The van der Waals surface area contributed by atoms with Crippen LogP contribution in [0.2, 0.25) is 5.02 Å². The fourth-order valence-electron chi connectivity index (χ4n) is 1.39. The number of nitrogens with zero attached hydrogens (tertiary/aromatic N) is 1. The molecule has 0 aliphatic rings. The van der Waals surface area contributed by atoms with Crippen molar-refractivity contribution in [1.82, 2.24) is 10.2 Å². The highest BCUT2D eigenvalue weighted by molar-refractivity contribution is 6.31. The molecule has 0 aliphatic heterocycles. The molecular formula is C11H10ClFN4O. The van der Waals surface area contributed by atoms with Crippen LogP contribution in [0.5, 0.6) is 0 Å². The summed E-state index contributed by atoms with van der Waals surface area (Å²) in [6.45, 7) is 1.68. The van der Waals surface area contributed by atoms with Crippen LogP contribution in [-0.2, 0) is 0 Å². The zero-order valence-electron chi connectivity index (χ0n) is 9.42. The number of carbonyl (C=O) groups excluding carboxylic acids is 1. The Morgan fingerprint density at radius 3 is 2.89 bits per heavy atom. The average molecular weight is 269 g/mol. The monoisotopic (exact) mass is 268 g/mol. The quantitative estimate of drug-likeness (QED) is 0.782. The maximum absolute atomic E-state index is 13.6. The summed E-state index contributed by atoms with van der Waals surface area (Å²) in [5.74, 6) is -1.30.